The van der Waals surface area contributed by atoms with Crippen LogP contribution < -0.4 is 19.9 Å². The molecule has 186 valence electrons. The normalized spacial score (nSPS) is 5.51. The van der Waals surface area contributed by atoms with E-state index in [9.17, 15) is 0 Å². The molecule has 0 amide bonds. The smallest absolute Gasteiger partial charge is 0.512 e. The van der Waals surface area contributed by atoms with E-state index >= 15 is 0 Å². The van der Waals surface area contributed by atoms with Gasteiger partial charge >= 0.3 is 17.1 Å². The van der Waals surface area contributed by atoms with Gasteiger partial charge in [0.1, 0.15) is 0 Å². The van der Waals surface area contributed by atoms with Crippen LogP contribution in [0, 0.1) is 71.0 Å². The second-order valence-electron chi connectivity index (χ2n) is 4.31. The Morgan fingerprint density at radius 2 is 0.351 bits per heavy atom. The summed E-state index contributed by atoms with van der Waals surface area (Å²) >= 11 is 0. The number of rotatable bonds is 0. The molecule has 0 aliphatic heterocycles. The Morgan fingerprint density at radius 1 is 0.243 bits per heavy atom. The fourth-order valence-electron chi connectivity index (χ4n) is 1.37. The van der Waals surface area contributed by atoms with Gasteiger partial charge < -0.3 is 71.0 Å². The molecule has 0 fully saturated rings. The van der Waals surface area contributed by atoms with Gasteiger partial charge in [0.2, 0.25) is 0 Å². The van der Waals surface area contributed by atoms with Crippen LogP contribution in [0.5, 0.6) is 0 Å². The Balaban J connectivity index is -0.0000000567. The molecule has 4 aromatic rings. The van der Waals surface area contributed by atoms with Crippen LogP contribution in [0.1, 0.15) is 0 Å². The van der Waals surface area contributed by atoms with E-state index in [2.05, 4.69) is 19.9 Å². The summed E-state index contributed by atoms with van der Waals surface area (Å²) in [5.74, 6) is 0. The van der Waals surface area contributed by atoms with Crippen molar-refractivity contribution in [1.29, 1.82) is 31.6 Å². The molecule has 0 spiro atoms. The van der Waals surface area contributed by atoms with Crippen LogP contribution in [0.3, 0.4) is 0 Å². The third-order valence-corrected chi connectivity index (χ3v) is 2.43. The Morgan fingerprint density at radius 3 is 0.378 bits per heavy atom. The summed E-state index contributed by atoms with van der Waals surface area (Å²) in [4.78, 5) is 11.6. The Labute approximate surface area is 230 Å². The summed E-state index contributed by atoms with van der Waals surface area (Å²) in [7, 11) is 0. The molecule has 4 aromatic heterocycles. The van der Waals surface area contributed by atoms with Crippen LogP contribution in [0.15, 0.2) is 122 Å². The van der Waals surface area contributed by atoms with Gasteiger partial charge in [-0.15, -0.1) is 0 Å². The van der Waals surface area contributed by atoms with Crippen LogP contribution >= 0.6 is 0 Å². The maximum Gasteiger partial charge on any atom is 2.00 e. The van der Waals surface area contributed by atoms with E-state index in [4.69, 9.17) is 71.0 Å². The molecular weight excluding hydrogens is 508 g/mol. The van der Waals surface area contributed by atoms with E-state index in [-0.39, 0.29) is 17.1 Å². The van der Waals surface area contributed by atoms with Gasteiger partial charge in [0.05, 0.1) is 0 Å². The first-order valence-electron chi connectivity index (χ1n) is 8.98. The zero-order valence-electron chi connectivity index (χ0n) is 19.6. The molecule has 10 nitrogen and oxygen atoms in total. The van der Waals surface area contributed by atoms with E-state index < -0.39 is 0 Å². The zero-order chi connectivity index (χ0) is 29.0. The van der Waals surface area contributed by atoms with E-state index in [1.807, 2.05) is 122 Å². The molecule has 0 saturated heterocycles. The van der Waals surface area contributed by atoms with Crippen molar-refractivity contribution in [3.63, 3.8) is 0 Å². The monoisotopic (exact) mass is 532 g/mol. The van der Waals surface area contributed by atoms with Crippen LogP contribution in [0.4, 0.5) is 0 Å². The van der Waals surface area contributed by atoms with Crippen LogP contribution in [0.2, 0.25) is 0 Å². The van der Waals surface area contributed by atoms with Crippen molar-refractivity contribution >= 4 is 0 Å². The minimum Gasteiger partial charge on any atom is -0.512 e. The maximum atomic E-state index is 6.25. The Bertz CT molecular complexity index is 650. The molecule has 11 heteroatoms. The average molecular weight is 532 g/mol. The molecule has 4 heterocycles. The largest absolute Gasteiger partial charge is 2.00 e. The van der Waals surface area contributed by atoms with Gasteiger partial charge in [-0.05, 0) is 0 Å². The van der Waals surface area contributed by atoms with Crippen LogP contribution in [-0.4, -0.2) is 0 Å². The molecular formula is C26H24FeN10. The number of hydrogen-bond donors (Lipinski definition) is 0. The summed E-state index contributed by atoms with van der Waals surface area (Å²) in [6, 6.07) is 23.4. The maximum absolute atomic E-state index is 6.25. The standard InChI is InChI=1S/4C5H5N.6CN.Fe/c4*1-2-4-6-5-3-1;6*1-2;/h4*1-5H;;;;;;;/q;;;;6*-1;+2/p+4. The summed E-state index contributed by atoms with van der Waals surface area (Å²) in [6.45, 7) is 28.5. The predicted molar refractivity (Wildman–Crippen MR) is 122 cm³/mol. The van der Waals surface area contributed by atoms with Gasteiger partial charge in [-0.25, -0.2) is 19.9 Å². The zero-order valence-corrected chi connectivity index (χ0v) is 20.7. The van der Waals surface area contributed by atoms with Gasteiger partial charge in [-0.2, -0.15) is 0 Å². The van der Waals surface area contributed by atoms with Gasteiger partial charge in [0.25, 0.3) is 0 Å². The van der Waals surface area contributed by atoms with Gasteiger partial charge in [0, 0.05) is 48.5 Å². The molecule has 4 rings (SSSR count). The second-order valence-corrected chi connectivity index (χ2v) is 4.31. The summed E-state index contributed by atoms with van der Waals surface area (Å²) in [5, 5.41) is 37.5. The Kier molecular flexibility index (Phi) is 102. The second kappa shape index (κ2) is 77.8. The van der Waals surface area contributed by atoms with Crippen molar-refractivity contribution in [3.8, 4) is 0 Å². The Hall–Kier alpha value is -5.94. The molecule has 0 saturated carbocycles. The van der Waals surface area contributed by atoms with Gasteiger partial charge in [-0.1, -0.05) is 24.3 Å². The molecule has 0 aliphatic carbocycles. The van der Waals surface area contributed by atoms with Crippen LogP contribution in [-0.2, 0) is 17.1 Å². The molecule has 0 atom stereocenters. The van der Waals surface area contributed by atoms with E-state index in [0.717, 1.165) is 0 Å². The van der Waals surface area contributed by atoms with Crippen LogP contribution in [0.25, 0.3) is 0 Å². The number of H-pyrrole nitrogens is 4. The fraction of sp³-hybridized carbons (Fsp3) is 0. The molecule has 0 aliphatic rings. The minimum atomic E-state index is 0. The van der Waals surface area contributed by atoms with Crippen molar-refractivity contribution < 1.29 is 37.0 Å². The molecule has 0 unspecified atom stereocenters. The number of aromatic nitrogens is 4. The quantitative estimate of drug-likeness (QED) is 0.246. The molecule has 0 bridgehead atoms. The third-order valence-electron chi connectivity index (χ3n) is 2.43. The van der Waals surface area contributed by atoms with E-state index in [1.54, 1.807) is 0 Å². The van der Waals surface area contributed by atoms with E-state index in [0.29, 0.717) is 0 Å². The predicted octanol–water partition coefficient (Wildman–Crippen LogP) is 2.58. The molecule has 37 heavy (non-hydrogen) atoms. The molecule has 0 radical (unpaired) electrons. The van der Waals surface area contributed by atoms with Crippen molar-refractivity contribution in [2.75, 3.05) is 0 Å². The summed E-state index contributed by atoms with van der Waals surface area (Å²) < 4.78 is 0. The van der Waals surface area contributed by atoms with Gasteiger partial charge in [-0.3, -0.25) is 0 Å². The first-order chi connectivity index (χ1) is 18.0. The number of pyridine rings is 4. The minimum absolute atomic E-state index is 0. The van der Waals surface area contributed by atoms with Gasteiger partial charge in [0.15, 0.2) is 49.6 Å². The summed E-state index contributed by atoms with van der Waals surface area (Å²) in [6.07, 6.45) is 15.0. The molecule has 4 N–H and O–H groups in total. The van der Waals surface area contributed by atoms with Crippen molar-refractivity contribution in [1.82, 2.24) is 0 Å². The number of nitrogens with zero attached hydrogens (tertiary/aromatic N) is 6. The van der Waals surface area contributed by atoms with Crippen molar-refractivity contribution in [2.24, 2.45) is 0 Å². The van der Waals surface area contributed by atoms with Crippen molar-refractivity contribution in [2.45, 2.75) is 0 Å². The summed E-state index contributed by atoms with van der Waals surface area (Å²) in [5.41, 5.74) is 0. The number of hydrogen-bond acceptors (Lipinski definition) is 6. The average Bonchev–Trinajstić information content (AvgIpc) is 3.07. The molecule has 0 aromatic carbocycles. The fourth-order valence-corrected chi connectivity index (χ4v) is 1.37. The number of nitrogens with one attached hydrogen (secondary N) is 4. The van der Waals surface area contributed by atoms with Crippen molar-refractivity contribution in [3.05, 3.63) is 162 Å². The third kappa shape index (κ3) is 72.6. The topological polar surface area (TPSA) is 199 Å². The first kappa shape index (κ1) is 48.5. The number of aromatic amines is 4. The first-order valence-corrected chi connectivity index (χ1v) is 8.98. The van der Waals surface area contributed by atoms with E-state index in [1.165, 1.54) is 0 Å². The SMILES string of the molecule is [C-]#N.[C-]#N.[C-]#N.[C-]#N.[C-]#N.[C-]#N.[Fe+2].c1cc[nH+]cc1.c1cc[nH+]cc1.c1cc[nH+]cc1.c1cc[nH+]cc1.